The second kappa shape index (κ2) is 6.64. The molecule has 1 amide bonds. The van der Waals surface area contributed by atoms with Gasteiger partial charge in [0.05, 0.1) is 5.92 Å². The van der Waals surface area contributed by atoms with E-state index in [1.165, 1.54) is 18.4 Å². The molecule has 3 rings (SSSR count). The van der Waals surface area contributed by atoms with Crippen LogP contribution in [0.25, 0.3) is 0 Å². The molecular formula is C20H30N2O. The molecule has 3 heteroatoms. The van der Waals surface area contributed by atoms with E-state index < -0.39 is 0 Å². The molecule has 2 aliphatic rings. The first-order valence-corrected chi connectivity index (χ1v) is 9.00. The number of carbonyl (C=O) groups excluding carboxylic acids is 1. The Morgan fingerprint density at radius 1 is 1.09 bits per heavy atom. The summed E-state index contributed by atoms with van der Waals surface area (Å²) in [4.78, 5) is 17.7. The first-order chi connectivity index (χ1) is 10.9. The third-order valence-corrected chi connectivity index (χ3v) is 4.90. The molecule has 1 unspecified atom stereocenters. The normalized spacial score (nSPS) is 21.3. The molecule has 1 saturated heterocycles. The lowest BCUT2D eigenvalue weighted by atomic mass is 9.92. The van der Waals surface area contributed by atoms with Crippen LogP contribution in [0.3, 0.4) is 0 Å². The monoisotopic (exact) mass is 314 g/mol. The predicted molar refractivity (Wildman–Crippen MR) is 94.4 cm³/mol. The highest BCUT2D eigenvalue weighted by molar-refractivity contribution is 5.84. The Labute approximate surface area is 140 Å². The van der Waals surface area contributed by atoms with Crippen LogP contribution < -0.4 is 0 Å². The van der Waals surface area contributed by atoms with Crippen LogP contribution in [0.5, 0.6) is 0 Å². The van der Waals surface area contributed by atoms with Crippen molar-refractivity contribution in [3.8, 4) is 0 Å². The van der Waals surface area contributed by atoms with Gasteiger partial charge in [0.15, 0.2) is 0 Å². The quantitative estimate of drug-likeness (QED) is 0.851. The maximum atomic E-state index is 13.1. The maximum absolute atomic E-state index is 13.1. The molecule has 0 spiro atoms. The van der Waals surface area contributed by atoms with Crippen LogP contribution in [0, 0.1) is 11.3 Å². The summed E-state index contributed by atoms with van der Waals surface area (Å²) >= 11 is 0. The van der Waals surface area contributed by atoms with Crippen LogP contribution in [0.2, 0.25) is 0 Å². The molecule has 1 aliphatic heterocycles. The molecule has 23 heavy (non-hydrogen) atoms. The average Bonchev–Trinajstić information content (AvgIpc) is 3.32. The van der Waals surface area contributed by atoms with Crippen molar-refractivity contribution in [2.24, 2.45) is 11.3 Å². The molecule has 0 radical (unpaired) electrons. The molecule has 1 saturated carbocycles. The van der Waals surface area contributed by atoms with Gasteiger partial charge < -0.3 is 4.90 Å². The zero-order chi connectivity index (χ0) is 16.4. The van der Waals surface area contributed by atoms with Crippen LogP contribution in [0.4, 0.5) is 0 Å². The standard InChI is InChI=1S/C20H30N2O/c1-20(2,3)15-21-11-13-22(14-12-21)19(23)18(17-9-10-17)16-7-5-4-6-8-16/h4-8,17-18H,9-15H2,1-3H3. The number of hydrogen-bond acceptors (Lipinski definition) is 2. The highest BCUT2D eigenvalue weighted by atomic mass is 16.2. The Morgan fingerprint density at radius 2 is 1.70 bits per heavy atom. The van der Waals surface area contributed by atoms with E-state index in [9.17, 15) is 4.79 Å². The number of amides is 1. The van der Waals surface area contributed by atoms with E-state index in [1.807, 2.05) is 6.07 Å². The molecular weight excluding hydrogens is 284 g/mol. The molecule has 0 aromatic heterocycles. The minimum atomic E-state index is 0.0883. The molecule has 126 valence electrons. The van der Waals surface area contributed by atoms with Gasteiger partial charge in [-0.3, -0.25) is 9.69 Å². The van der Waals surface area contributed by atoms with Crippen LogP contribution >= 0.6 is 0 Å². The van der Waals surface area contributed by atoms with Crippen LogP contribution in [0.1, 0.15) is 45.1 Å². The van der Waals surface area contributed by atoms with E-state index >= 15 is 0 Å². The second-order valence-electron chi connectivity index (χ2n) is 8.39. The summed E-state index contributed by atoms with van der Waals surface area (Å²) in [5.74, 6) is 1.01. The van der Waals surface area contributed by atoms with Gasteiger partial charge in [-0.25, -0.2) is 0 Å². The number of rotatable bonds is 4. The number of carbonyl (C=O) groups is 1. The lowest BCUT2D eigenvalue weighted by Gasteiger charge is -2.39. The smallest absolute Gasteiger partial charge is 0.230 e. The minimum absolute atomic E-state index is 0.0883. The van der Waals surface area contributed by atoms with Crippen molar-refractivity contribution >= 4 is 5.91 Å². The highest BCUT2D eigenvalue weighted by Crippen LogP contribution is 2.43. The lowest BCUT2D eigenvalue weighted by molar-refractivity contribution is -0.135. The van der Waals surface area contributed by atoms with Gasteiger partial charge in [-0.2, -0.15) is 0 Å². The largest absolute Gasteiger partial charge is 0.340 e. The molecule has 2 fully saturated rings. The fourth-order valence-electron chi connectivity index (χ4n) is 3.70. The van der Waals surface area contributed by atoms with Gasteiger partial charge in [0.25, 0.3) is 0 Å². The van der Waals surface area contributed by atoms with E-state index in [0.29, 0.717) is 17.2 Å². The summed E-state index contributed by atoms with van der Waals surface area (Å²) in [7, 11) is 0. The topological polar surface area (TPSA) is 23.6 Å². The molecule has 1 aromatic rings. The summed E-state index contributed by atoms with van der Waals surface area (Å²) in [5, 5.41) is 0. The van der Waals surface area contributed by atoms with Crippen molar-refractivity contribution in [2.45, 2.75) is 39.5 Å². The molecule has 0 N–H and O–H groups in total. The summed E-state index contributed by atoms with van der Waals surface area (Å²) in [6.07, 6.45) is 2.41. The first-order valence-electron chi connectivity index (χ1n) is 9.00. The van der Waals surface area contributed by atoms with Crippen molar-refractivity contribution in [3.05, 3.63) is 35.9 Å². The Balaban J connectivity index is 1.62. The van der Waals surface area contributed by atoms with Crippen molar-refractivity contribution in [2.75, 3.05) is 32.7 Å². The second-order valence-corrected chi connectivity index (χ2v) is 8.39. The summed E-state index contributed by atoms with van der Waals surface area (Å²) in [5.41, 5.74) is 1.53. The molecule has 1 aliphatic carbocycles. The zero-order valence-electron chi connectivity index (χ0n) is 14.8. The van der Waals surface area contributed by atoms with Crippen molar-refractivity contribution < 1.29 is 4.79 Å². The van der Waals surface area contributed by atoms with E-state index in [2.05, 4.69) is 54.8 Å². The van der Waals surface area contributed by atoms with Gasteiger partial charge in [0.2, 0.25) is 5.91 Å². The lowest BCUT2D eigenvalue weighted by Crippen LogP contribution is -2.51. The Kier molecular flexibility index (Phi) is 4.77. The van der Waals surface area contributed by atoms with Gasteiger partial charge in [-0.1, -0.05) is 51.1 Å². The third-order valence-electron chi connectivity index (χ3n) is 4.90. The van der Waals surface area contributed by atoms with Gasteiger partial charge >= 0.3 is 0 Å². The molecule has 0 bridgehead atoms. The molecule has 1 heterocycles. The van der Waals surface area contributed by atoms with Crippen LogP contribution in [0.15, 0.2) is 30.3 Å². The predicted octanol–water partition coefficient (Wildman–Crippen LogP) is 3.37. The van der Waals surface area contributed by atoms with E-state index in [0.717, 1.165) is 32.7 Å². The van der Waals surface area contributed by atoms with Crippen molar-refractivity contribution in [3.63, 3.8) is 0 Å². The van der Waals surface area contributed by atoms with Gasteiger partial charge in [-0.05, 0) is 29.7 Å². The first kappa shape index (κ1) is 16.5. The van der Waals surface area contributed by atoms with Crippen molar-refractivity contribution in [1.82, 2.24) is 9.80 Å². The number of nitrogens with zero attached hydrogens (tertiary/aromatic N) is 2. The number of hydrogen-bond donors (Lipinski definition) is 0. The average molecular weight is 314 g/mol. The molecule has 3 nitrogen and oxygen atoms in total. The third kappa shape index (κ3) is 4.35. The fourth-order valence-corrected chi connectivity index (χ4v) is 3.70. The van der Waals surface area contributed by atoms with E-state index in [4.69, 9.17) is 0 Å². The fraction of sp³-hybridized carbons (Fsp3) is 0.650. The SMILES string of the molecule is CC(C)(C)CN1CCN(C(=O)C(c2ccccc2)C2CC2)CC1. The van der Waals surface area contributed by atoms with Gasteiger partial charge in [-0.15, -0.1) is 0 Å². The summed E-state index contributed by atoms with van der Waals surface area (Å²) < 4.78 is 0. The molecule has 1 aromatic carbocycles. The zero-order valence-corrected chi connectivity index (χ0v) is 14.8. The van der Waals surface area contributed by atoms with Gasteiger partial charge in [0.1, 0.15) is 0 Å². The van der Waals surface area contributed by atoms with Crippen LogP contribution in [-0.4, -0.2) is 48.4 Å². The van der Waals surface area contributed by atoms with Gasteiger partial charge in [0, 0.05) is 32.7 Å². The van der Waals surface area contributed by atoms with E-state index in [1.54, 1.807) is 0 Å². The minimum Gasteiger partial charge on any atom is -0.340 e. The van der Waals surface area contributed by atoms with E-state index in [-0.39, 0.29) is 5.92 Å². The Morgan fingerprint density at radius 3 is 2.22 bits per heavy atom. The molecule has 1 atom stereocenters. The summed E-state index contributed by atoms with van der Waals surface area (Å²) in [6, 6.07) is 10.4. The maximum Gasteiger partial charge on any atom is 0.230 e. The number of benzene rings is 1. The number of piperazine rings is 1. The van der Waals surface area contributed by atoms with Crippen molar-refractivity contribution in [1.29, 1.82) is 0 Å². The Bertz CT molecular complexity index is 522. The van der Waals surface area contributed by atoms with Crippen LogP contribution in [-0.2, 0) is 4.79 Å². The Hall–Kier alpha value is -1.35. The highest BCUT2D eigenvalue weighted by Gasteiger charge is 2.39. The summed E-state index contributed by atoms with van der Waals surface area (Å²) in [6.45, 7) is 11.7.